The minimum absolute atomic E-state index is 0.0745. The molecule has 0 radical (unpaired) electrons. The highest BCUT2D eigenvalue weighted by molar-refractivity contribution is 6.18. The number of rotatable bonds is 5. The van der Waals surface area contributed by atoms with Gasteiger partial charge in [-0.3, -0.25) is 10.1 Å². The summed E-state index contributed by atoms with van der Waals surface area (Å²) in [7, 11) is 0. The van der Waals surface area contributed by atoms with Gasteiger partial charge in [-0.1, -0.05) is 19.1 Å². The van der Waals surface area contributed by atoms with Crippen molar-refractivity contribution in [3.8, 4) is 0 Å². The predicted octanol–water partition coefficient (Wildman–Crippen LogP) is 2.87. The van der Waals surface area contributed by atoms with Crippen molar-refractivity contribution in [1.29, 1.82) is 0 Å². The first-order valence-electron chi connectivity index (χ1n) is 7.11. The summed E-state index contributed by atoms with van der Waals surface area (Å²) in [5.74, 6) is 0.198. The maximum Gasteiger partial charge on any atom is 0.411 e. The molecule has 1 atom stereocenters. The molecule has 1 aliphatic rings. The number of amides is 2. The van der Waals surface area contributed by atoms with Crippen LogP contribution in [0.15, 0.2) is 29.4 Å². The summed E-state index contributed by atoms with van der Waals surface area (Å²) >= 11 is 5.68. The normalized spacial score (nSPS) is 15.5. The molecule has 2 rings (SSSR count). The van der Waals surface area contributed by atoms with Gasteiger partial charge in [0.15, 0.2) is 0 Å². The highest BCUT2D eigenvalue weighted by atomic mass is 35.5. The van der Waals surface area contributed by atoms with E-state index in [-0.39, 0.29) is 17.9 Å². The summed E-state index contributed by atoms with van der Waals surface area (Å²) in [6.45, 7) is 1.90. The summed E-state index contributed by atoms with van der Waals surface area (Å²) < 4.78 is 5.16. The first kappa shape index (κ1) is 16.3. The van der Waals surface area contributed by atoms with Crippen molar-refractivity contribution < 1.29 is 14.3 Å². The number of hydrazone groups is 1. The molecule has 1 aliphatic heterocycles. The monoisotopic (exact) mass is 323 g/mol. The largest absolute Gasteiger partial charge is 0.445 e. The van der Waals surface area contributed by atoms with Gasteiger partial charge in [-0.05, 0) is 24.1 Å². The first-order valence-corrected chi connectivity index (χ1v) is 7.65. The zero-order chi connectivity index (χ0) is 15.9. The molecule has 1 aromatic carbocycles. The molecule has 0 fully saturated rings. The molecule has 2 N–H and O–H groups in total. The molecule has 7 heteroatoms. The van der Waals surface area contributed by atoms with Gasteiger partial charge >= 0.3 is 6.09 Å². The molecule has 1 unspecified atom stereocenters. The molecule has 1 aromatic rings. The molecule has 2 amide bonds. The molecular formula is C15H18ClN3O3. The van der Waals surface area contributed by atoms with Gasteiger partial charge in [0.1, 0.15) is 6.10 Å². The van der Waals surface area contributed by atoms with Crippen LogP contribution in [0.4, 0.5) is 10.5 Å². The van der Waals surface area contributed by atoms with Gasteiger partial charge in [-0.15, -0.1) is 11.6 Å². The van der Waals surface area contributed by atoms with Crippen molar-refractivity contribution >= 4 is 35.0 Å². The van der Waals surface area contributed by atoms with E-state index in [9.17, 15) is 9.59 Å². The Balaban J connectivity index is 1.94. The van der Waals surface area contributed by atoms with Crippen molar-refractivity contribution in [1.82, 2.24) is 5.43 Å². The number of carbonyl (C=O) groups is 2. The molecule has 6 nitrogen and oxygen atoms in total. The number of ether oxygens (including phenoxy) is 1. The van der Waals surface area contributed by atoms with Gasteiger partial charge in [0.05, 0.1) is 11.6 Å². The van der Waals surface area contributed by atoms with Crippen LogP contribution < -0.4 is 10.7 Å². The van der Waals surface area contributed by atoms with Crippen LogP contribution >= 0.6 is 11.6 Å². The quantitative estimate of drug-likeness (QED) is 0.818. The maximum atomic E-state index is 11.7. The average Bonchev–Trinajstić information content (AvgIpc) is 2.54. The van der Waals surface area contributed by atoms with Crippen LogP contribution in [0.1, 0.15) is 31.7 Å². The predicted molar refractivity (Wildman–Crippen MR) is 85.3 cm³/mol. The third-order valence-electron chi connectivity index (χ3n) is 3.27. The zero-order valence-corrected chi connectivity index (χ0v) is 13.0. The summed E-state index contributed by atoms with van der Waals surface area (Å²) in [6, 6.07) is 7.20. The fourth-order valence-corrected chi connectivity index (χ4v) is 2.23. The summed E-state index contributed by atoms with van der Waals surface area (Å²) in [5, 5.41) is 6.67. The fraction of sp³-hybridized carbons (Fsp3) is 0.400. The molecular weight excluding hydrogens is 306 g/mol. The molecule has 118 valence electrons. The third-order valence-corrected chi connectivity index (χ3v) is 3.61. The molecule has 22 heavy (non-hydrogen) atoms. The number of nitrogens with one attached hydrogen (secondary N) is 2. The van der Waals surface area contributed by atoms with E-state index >= 15 is 0 Å². The molecule has 0 spiro atoms. The van der Waals surface area contributed by atoms with E-state index in [1.807, 2.05) is 19.1 Å². The number of nitrogens with zero attached hydrogens (tertiary/aromatic N) is 1. The van der Waals surface area contributed by atoms with Crippen LogP contribution in [-0.2, 0) is 9.53 Å². The SMILES string of the molecule is CCC(CCl)OC(=O)Nc1ccc(C2=NNC(=O)CC2)cc1. The van der Waals surface area contributed by atoms with Crippen LogP contribution in [0.3, 0.4) is 0 Å². The number of hydrogen-bond donors (Lipinski definition) is 2. The number of carbonyl (C=O) groups excluding carboxylic acids is 2. The summed E-state index contributed by atoms with van der Waals surface area (Å²) in [4.78, 5) is 22.8. The Kier molecular flexibility index (Phi) is 5.77. The summed E-state index contributed by atoms with van der Waals surface area (Å²) in [6.07, 6.45) is 0.890. The zero-order valence-electron chi connectivity index (χ0n) is 12.3. The lowest BCUT2D eigenvalue weighted by Crippen LogP contribution is -2.26. The number of benzene rings is 1. The van der Waals surface area contributed by atoms with E-state index in [2.05, 4.69) is 15.8 Å². The lowest BCUT2D eigenvalue weighted by molar-refractivity contribution is -0.121. The second-order valence-corrected chi connectivity index (χ2v) is 5.19. The van der Waals surface area contributed by atoms with Crippen LogP contribution in [0.25, 0.3) is 0 Å². The average molecular weight is 324 g/mol. The van der Waals surface area contributed by atoms with Gasteiger partial charge in [0.2, 0.25) is 5.91 Å². The smallest absolute Gasteiger partial charge is 0.411 e. The Labute approximate surface area is 133 Å². The Hall–Kier alpha value is -2.08. The van der Waals surface area contributed by atoms with E-state index in [0.29, 0.717) is 24.9 Å². The Morgan fingerprint density at radius 3 is 2.68 bits per heavy atom. The highest BCUT2D eigenvalue weighted by Gasteiger charge is 2.14. The highest BCUT2D eigenvalue weighted by Crippen LogP contribution is 2.15. The van der Waals surface area contributed by atoms with Gasteiger partial charge in [-0.25, -0.2) is 10.2 Å². The van der Waals surface area contributed by atoms with Crippen molar-refractivity contribution in [2.24, 2.45) is 5.10 Å². The number of anilines is 1. The van der Waals surface area contributed by atoms with Crippen molar-refractivity contribution in [3.63, 3.8) is 0 Å². The molecule has 1 heterocycles. The van der Waals surface area contributed by atoms with Gasteiger partial charge in [0, 0.05) is 18.5 Å². The molecule has 0 saturated heterocycles. The molecule has 0 saturated carbocycles. The van der Waals surface area contributed by atoms with Crippen molar-refractivity contribution in [2.75, 3.05) is 11.2 Å². The number of hydrogen-bond acceptors (Lipinski definition) is 4. The maximum absolute atomic E-state index is 11.7. The minimum atomic E-state index is -0.525. The van der Waals surface area contributed by atoms with Gasteiger partial charge < -0.3 is 4.74 Å². The Bertz CT molecular complexity index is 568. The molecule has 0 aliphatic carbocycles. The van der Waals surface area contributed by atoms with Crippen molar-refractivity contribution in [2.45, 2.75) is 32.3 Å². The van der Waals surface area contributed by atoms with E-state index in [1.165, 1.54) is 0 Å². The first-order chi connectivity index (χ1) is 10.6. The van der Waals surface area contributed by atoms with Crippen LogP contribution in [0.2, 0.25) is 0 Å². The fourth-order valence-electron chi connectivity index (χ4n) is 1.95. The van der Waals surface area contributed by atoms with Crippen LogP contribution in [0.5, 0.6) is 0 Å². The van der Waals surface area contributed by atoms with Gasteiger partial charge in [-0.2, -0.15) is 5.10 Å². The molecule has 0 bridgehead atoms. The molecule has 0 aromatic heterocycles. The second-order valence-electron chi connectivity index (χ2n) is 4.89. The minimum Gasteiger partial charge on any atom is -0.445 e. The lowest BCUT2D eigenvalue weighted by atomic mass is 10.0. The van der Waals surface area contributed by atoms with E-state index in [4.69, 9.17) is 16.3 Å². The van der Waals surface area contributed by atoms with E-state index in [1.54, 1.807) is 12.1 Å². The number of halogens is 1. The van der Waals surface area contributed by atoms with Crippen molar-refractivity contribution in [3.05, 3.63) is 29.8 Å². The summed E-state index contributed by atoms with van der Waals surface area (Å²) in [5.41, 5.74) is 4.81. The standard InChI is InChI=1S/C15H18ClN3O3/c1-2-12(9-16)22-15(21)17-11-5-3-10(4-6-11)13-7-8-14(20)19-18-13/h3-6,12H,2,7-9H2,1H3,(H,17,21)(H,19,20). The third kappa shape index (κ3) is 4.46. The Morgan fingerprint density at radius 2 is 2.14 bits per heavy atom. The number of alkyl halides is 1. The van der Waals surface area contributed by atoms with Crippen LogP contribution in [-0.4, -0.2) is 29.7 Å². The van der Waals surface area contributed by atoms with E-state index < -0.39 is 6.09 Å². The topological polar surface area (TPSA) is 79.8 Å². The lowest BCUT2D eigenvalue weighted by Gasteiger charge is -2.14. The van der Waals surface area contributed by atoms with Crippen LogP contribution in [0, 0.1) is 0 Å². The van der Waals surface area contributed by atoms with Gasteiger partial charge in [0.25, 0.3) is 0 Å². The second kappa shape index (κ2) is 7.79. The Morgan fingerprint density at radius 1 is 1.41 bits per heavy atom. The van der Waals surface area contributed by atoms with E-state index in [0.717, 1.165) is 11.3 Å².